The van der Waals surface area contributed by atoms with E-state index in [9.17, 15) is 39.6 Å². The Balaban J connectivity index is 2.73. The molecule has 0 spiro atoms. The van der Waals surface area contributed by atoms with Crippen LogP contribution in [0.2, 0.25) is 10.0 Å². The van der Waals surface area contributed by atoms with Gasteiger partial charge in [0, 0.05) is 11.8 Å². The largest absolute Gasteiger partial charge is 0.416 e. The van der Waals surface area contributed by atoms with Gasteiger partial charge in [-0.3, -0.25) is 4.79 Å². The molecule has 1 amide bonds. The van der Waals surface area contributed by atoms with Gasteiger partial charge in [-0.05, 0) is 54.2 Å². The molecule has 0 saturated heterocycles. The van der Waals surface area contributed by atoms with E-state index in [1.807, 2.05) is 0 Å². The lowest BCUT2D eigenvalue weighted by Crippen LogP contribution is -2.23. The normalized spacial score (nSPS) is 13.7. The summed E-state index contributed by atoms with van der Waals surface area (Å²) in [7, 11) is -3.55. The maximum atomic E-state index is 13.8. The number of hydrogen-bond donors (Lipinski definition) is 1. The topological polar surface area (TPSA) is 77.2 Å². The minimum absolute atomic E-state index is 0.0390. The lowest BCUT2D eigenvalue weighted by Gasteiger charge is -2.23. The van der Waals surface area contributed by atoms with Crippen LogP contribution in [0.15, 0.2) is 30.3 Å². The number of carbonyl (C=O) groups is 1. The van der Waals surface area contributed by atoms with Crippen LogP contribution in [0, 0.1) is 0 Å². The second kappa shape index (κ2) is 9.71. The Morgan fingerprint density at radius 2 is 1.61 bits per heavy atom. The average molecular weight is 536 g/mol. The molecule has 182 valence electrons. The first-order valence-corrected chi connectivity index (χ1v) is 12.0. The summed E-state index contributed by atoms with van der Waals surface area (Å²) in [4.78, 5) is 11.9. The highest BCUT2D eigenvalue weighted by molar-refractivity contribution is 7.90. The van der Waals surface area contributed by atoms with E-state index < -0.39 is 68.4 Å². The third kappa shape index (κ3) is 7.25. The van der Waals surface area contributed by atoms with Crippen LogP contribution >= 0.6 is 23.2 Å². The van der Waals surface area contributed by atoms with E-state index in [0.29, 0.717) is 0 Å². The maximum absolute atomic E-state index is 13.8. The molecule has 2 rings (SSSR count). The monoisotopic (exact) mass is 535 g/mol. The predicted molar refractivity (Wildman–Crippen MR) is 112 cm³/mol. The number of amides is 1. The molecule has 2 aromatic carbocycles. The van der Waals surface area contributed by atoms with Crippen molar-refractivity contribution in [3.05, 3.63) is 68.2 Å². The van der Waals surface area contributed by atoms with E-state index >= 15 is 0 Å². The van der Waals surface area contributed by atoms with Gasteiger partial charge in [0.1, 0.15) is 9.84 Å². The molecule has 0 aliphatic carbocycles. The number of alkyl halides is 6. The van der Waals surface area contributed by atoms with Gasteiger partial charge in [-0.15, -0.1) is 0 Å². The Hall–Kier alpha value is -1.98. The average Bonchev–Trinajstić information content (AvgIpc) is 2.64. The SMILES string of the molecule is CS(=O)(=O)CCC(Cc1c(C(N)=O)cc(C(F)(F)F)cc1C(F)(F)F)c1ccc(Cl)c(Cl)c1. The van der Waals surface area contributed by atoms with Gasteiger partial charge in [0.25, 0.3) is 0 Å². The van der Waals surface area contributed by atoms with Crippen LogP contribution in [0.4, 0.5) is 26.3 Å². The van der Waals surface area contributed by atoms with Crippen LogP contribution in [0.1, 0.15) is 45.0 Å². The highest BCUT2D eigenvalue weighted by Crippen LogP contribution is 2.41. The van der Waals surface area contributed by atoms with E-state index in [2.05, 4.69) is 0 Å². The van der Waals surface area contributed by atoms with E-state index in [1.165, 1.54) is 18.2 Å². The van der Waals surface area contributed by atoms with Crippen molar-refractivity contribution in [3.63, 3.8) is 0 Å². The molecule has 0 heterocycles. The molecule has 0 bridgehead atoms. The Kier molecular flexibility index (Phi) is 8.02. The minimum atomic E-state index is -5.25. The number of halogens is 8. The van der Waals surface area contributed by atoms with Gasteiger partial charge in [0.15, 0.2) is 0 Å². The molecule has 2 N–H and O–H groups in total. The van der Waals surface area contributed by atoms with Gasteiger partial charge in [0.05, 0.1) is 26.9 Å². The van der Waals surface area contributed by atoms with Gasteiger partial charge in [0.2, 0.25) is 5.91 Å². The number of hydrogen-bond acceptors (Lipinski definition) is 3. The molecule has 0 fully saturated rings. The van der Waals surface area contributed by atoms with E-state index in [1.54, 1.807) is 0 Å². The molecule has 33 heavy (non-hydrogen) atoms. The second-order valence-electron chi connectivity index (χ2n) is 7.40. The van der Waals surface area contributed by atoms with Gasteiger partial charge in [-0.1, -0.05) is 29.3 Å². The number of primary amides is 1. The van der Waals surface area contributed by atoms with Crippen LogP contribution in [0.3, 0.4) is 0 Å². The van der Waals surface area contributed by atoms with Gasteiger partial charge in [-0.25, -0.2) is 8.42 Å². The fraction of sp³-hybridized carbons (Fsp3) is 0.350. The van der Waals surface area contributed by atoms with Crippen molar-refractivity contribution < 1.29 is 39.6 Å². The molecule has 0 saturated carbocycles. The number of rotatable bonds is 7. The van der Waals surface area contributed by atoms with E-state index in [-0.39, 0.29) is 34.2 Å². The van der Waals surface area contributed by atoms with Crippen LogP contribution in [-0.2, 0) is 28.6 Å². The smallest absolute Gasteiger partial charge is 0.366 e. The van der Waals surface area contributed by atoms with E-state index in [0.717, 1.165) is 6.26 Å². The Morgan fingerprint density at radius 1 is 1.00 bits per heavy atom. The first-order chi connectivity index (χ1) is 14.9. The van der Waals surface area contributed by atoms with Crippen molar-refractivity contribution in [1.29, 1.82) is 0 Å². The van der Waals surface area contributed by atoms with Crippen LogP contribution in [-0.4, -0.2) is 26.3 Å². The highest BCUT2D eigenvalue weighted by atomic mass is 35.5. The van der Waals surface area contributed by atoms with Crippen molar-refractivity contribution in [1.82, 2.24) is 0 Å². The van der Waals surface area contributed by atoms with Crippen LogP contribution in [0.5, 0.6) is 0 Å². The molecule has 4 nitrogen and oxygen atoms in total. The summed E-state index contributed by atoms with van der Waals surface area (Å²) in [5, 5.41) is 0.169. The molecular formula is C20H17Cl2F6NO3S. The Bertz CT molecular complexity index is 1160. The summed E-state index contributed by atoms with van der Waals surface area (Å²) < 4.78 is 104. The third-order valence-corrected chi connectivity index (χ3v) is 6.57. The number of sulfone groups is 1. The van der Waals surface area contributed by atoms with Gasteiger partial charge >= 0.3 is 12.4 Å². The summed E-state index contributed by atoms with van der Waals surface area (Å²) >= 11 is 11.8. The molecule has 0 aliphatic heterocycles. The lowest BCUT2D eigenvalue weighted by atomic mass is 9.84. The summed E-state index contributed by atoms with van der Waals surface area (Å²) in [5.74, 6) is -2.89. The molecule has 0 aliphatic rings. The fourth-order valence-corrected chi connectivity index (χ4v) is 4.30. The quantitative estimate of drug-likeness (QED) is 0.449. The number of nitrogens with two attached hydrogens (primary N) is 1. The zero-order chi connectivity index (χ0) is 25.4. The first kappa shape index (κ1) is 27.3. The summed E-state index contributed by atoms with van der Waals surface area (Å²) in [5.41, 5.74) is 0.323. The number of carbonyl (C=O) groups excluding carboxylic acids is 1. The van der Waals surface area contributed by atoms with Crippen LogP contribution in [0.25, 0.3) is 0 Å². The second-order valence-corrected chi connectivity index (χ2v) is 10.5. The Morgan fingerprint density at radius 3 is 2.06 bits per heavy atom. The van der Waals surface area contributed by atoms with Crippen molar-refractivity contribution in [2.45, 2.75) is 31.1 Å². The standard InChI is InChI=1S/C20H17Cl2F6NO3S/c1-33(31,32)5-4-11(10-2-3-16(21)17(22)7-10)6-13-14(18(29)30)8-12(19(23,24)25)9-15(13)20(26,27)28/h2-3,7-9,11H,4-6H2,1H3,(H2,29,30). The van der Waals surface area contributed by atoms with E-state index in [4.69, 9.17) is 28.9 Å². The van der Waals surface area contributed by atoms with Gasteiger partial charge < -0.3 is 5.73 Å². The highest BCUT2D eigenvalue weighted by Gasteiger charge is 2.40. The molecule has 0 radical (unpaired) electrons. The molecule has 0 aromatic heterocycles. The van der Waals surface area contributed by atoms with Crippen LogP contribution < -0.4 is 5.73 Å². The minimum Gasteiger partial charge on any atom is -0.366 e. The summed E-state index contributed by atoms with van der Waals surface area (Å²) in [6, 6.07) is 4.24. The molecule has 13 heteroatoms. The molecule has 1 unspecified atom stereocenters. The van der Waals surface area contributed by atoms with Gasteiger partial charge in [-0.2, -0.15) is 26.3 Å². The van der Waals surface area contributed by atoms with Crippen molar-refractivity contribution in [2.24, 2.45) is 5.73 Å². The van der Waals surface area contributed by atoms with Crippen molar-refractivity contribution in [3.8, 4) is 0 Å². The number of benzene rings is 2. The molecule has 2 aromatic rings. The Labute approximate surface area is 195 Å². The zero-order valence-corrected chi connectivity index (χ0v) is 19.1. The molecule has 1 atom stereocenters. The first-order valence-electron chi connectivity index (χ1n) is 9.14. The zero-order valence-electron chi connectivity index (χ0n) is 16.8. The lowest BCUT2D eigenvalue weighted by molar-refractivity contribution is -0.143. The van der Waals surface area contributed by atoms with Crippen molar-refractivity contribution >= 4 is 38.9 Å². The third-order valence-electron chi connectivity index (χ3n) is 4.85. The predicted octanol–water partition coefficient (Wildman–Crippen LogP) is 5.89. The van der Waals surface area contributed by atoms with Crippen molar-refractivity contribution in [2.75, 3.05) is 12.0 Å². The fourth-order valence-electron chi connectivity index (χ4n) is 3.28. The molecular weight excluding hydrogens is 519 g/mol. The summed E-state index contributed by atoms with van der Waals surface area (Å²) in [6.45, 7) is 0. The summed E-state index contributed by atoms with van der Waals surface area (Å²) in [6.07, 6.45) is -10.3. The maximum Gasteiger partial charge on any atom is 0.416 e.